The van der Waals surface area contributed by atoms with Crippen LogP contribution in [0.4, 0.5) is 0 Å². The van der Waals surface area contributed by atoms with Crippen molar-refractivity contribution in [2.24, 2.45) is 11.8 Å². The second kappa shape index (κ2) is 9.48. The Labute approximate surface area is 182 Å². The zero-order chi connectivity index (χ0) is 21.1. The quantitative estimate of drug-likeness (QED) is 0.673. The molecule has 1 aromatic carbocycles. The van der Waals surface area contributed by atoms with Gasteiger partial charge in [-0.2, -0.15) is 0 Å². The number of hydrogen-bond acceptors (Lipinski definition) is 4. The van der Waals surface area contributed by atoms with Gasteiger partial charge in [0.05, 0.1) is 17.9 Å². The fraction of sp³-hybridized carbons (Fsp3) is 0.609. The molecule has 2 aliphatic heterocycles. The fourth-order valence-corrected chi connectivity index (χ4v) is 5.46. The molecule has 0 bridgehead atoms. The topological polar surface area (TPSA) is 69.7 Å². The van der Waals surface area contributed by atoms with Crippen LogP contribution in [0.5, 0.6) is 0 Å². The van der Waals surface area contributed by atoms with E-state index in [1.165, 1.54) is 4.90 Å². The van der Waals surface area contributed by atoms with Crippen LogP contribution in [0.3, 0.4) is 0 Å². The molecule has 0 aromatic heterocycles. The summed E-state index contributed by atoms with van der Waals surface area (Å²) in [5.74, 6) is -0.614. The highest BCUT2D eigenvalue weighted by atomic mass is 35.5. The number of imide groups is 1. The van der Waals surface area contributed by atoms with Crippen LogP contribution >= 0.6 is 11.6 Å². The Bertz CT molecular complexity index is 785. The molecule has 1 N–H and O–H groups in total. The van der Waals surface area contributed by atoms with Gasteiger partial charge in [0.25, 0.3) is 0 Å². The van der Waals surface area contributed by atoms with Crippen molar-refractivity contribution in [3.63, 3.8) is 0 Å². The van der Waals surface area contributed by atoms with Crippen LogP contribution in [0.1, 0.15) is 56.6 Å². The van der Waals surface area contributed by atoms with E-state index >= 15 is 0 Å². The summed E-state index contributed by atoms with van der Waals surface area (Å²) in [6.07, 6.45) is 6.06. The predicted octanol–water partition coefficient (Wildman–Crippen LogP) is 3.16. The molecule has 2 saturated heterocycles. The van der Waals surface area contributed by atoms with Crippen molar-refractivity contribution in [3.8, 4) is 0 Å². The van der Waals surface area contributed by atoms with Crippen molar-refractivity contribution in [1.82, 2.24) is 15.1 Å². The van der Waals surface area contributed by atoms with E-state index in [0.717, 1.165) is 57.2 Å². The standard InChI is InChI=1S/C23H30ClN3O3/c24-19-10-4-3-9-18(19)20(26-12-5-6-13-26)15-25-21(28)11-14-27-22(29)16-7-1-2-8-17(16)23(27)30/h3-4,9-10,16-17,20H,1-2,5-8,11-15H2,(H,25,28)/t16-,17-,20-/m1/s1. The Kier molecular flexibility index (Phi) is 6.74. The minimum absolute atomic E-state index is 0.0306. The van der Waals surface area contributed by atoms with Gasteiger partial charge in [-0.05, 0) is 50.4 Å². The van der Waals surface area contributed by atoms with Crippen molar-refractivity contribution < 1.29 is 14.4 Å². The summed E-state index contributed by atoms with van der Waals surface area (Å²) in [7, 11) is 0. The first-order chi connectivity index (χ1) is 14.6. The largest absolute Gasteiger partial charge is 0.354 e. The van der Waals surface area contributed by atoms with Gasteiger partial charge < -0.3 is 5.32 Å². The van der Waals surface area contributed by atoms with Crippen LogP contribution in [0.2, 0.25) is 5.02 Å². The molecule has 3 aliphatic rings. The monoisotopic (exact) mass is 431 g/mol. The molecule has 0 radical (unpaired) electrons. The average Bonchev–Trinajstić information content (AvgIpc) is 3.36. The van der Waals surface area contributed by atoms with Crippen molar-refractivity contribution in [2.75, 3.05) is 26.2 Å². The van der Waals surface area contributed by atoms with Gasteiger partial charge in [-0.15, -0.1) is 0 Å². The molecule has 3 amide bonds. The zero-order valence-corrected chi connectivity index (χ0v) is 18.1. The Balaban J connectivity index is 1.33. The maximum atomic E-state index is 12.6. The van der Waals surface area contributed by atoms with Gasteiger partial charge in [-0.3, -0.25) is 24.2 Å². The van der Waals surface area contributed by atoms with Gasteiger partial charge in [0.2, 0.25) is 17.7 Å². The molecular weight excluding hydrogens is 402 g/mol. The van der Waals surface area contributed by atoms with E-state index in [0.29, 0.717) is 11.6 Å². The average molecular weight is 432 g/mol. The summed E-state index contributed by atoms with van der Waals surface area (Å²) in [6.45, 7) is 2.63. The van der Waals surface area contributed by atoms with Gasteiger partial charge in [0.1, 0.15) is 0 Å². The van der Waals surface area contributed by atoms with Crippen molar-refractivity contribution in [2.45, 2.75) is 51.0 Å². The molecule has 1 aliphatic carbocycles. The molecule has 7 heteroatoms. The van der Waals surface area contributed by atoms with Gasteiger partial charge in [0.15, 0.2) is 0 Å². The van der Waals surface area contributed by atoms with E-state index in [-0.39, 0.29) is 48.6 Å². The number of amides is 3. The van der Waals surface area contributed by atoms with Crippen LogP contribution in [-0.2, 0) is 14.4 Å². The third-order valence-corrected chi connectivity index (χ3v) is 7.18. The number of nitrogens with one attached hydrogen (secondary N) is 1. The van der Waals surface area contributed by atoms with Crippen LogP contribution in [0.15, 0.2) is 24.3 Å². The highest BCUT2D eigenvalue weighted by molar-refractivity contribution is 6.31. The molecule has 1 saturated carbocycles. The molecule has 30 heavy (non-hydrogen) atoms. The van der Waals surface area contributed by atoms with Crippen LogP contribution in [-0.4, -0.2) is 53.7 Å². The molecule has 3 atom stereocenters. The number of fused-ring (bicyclic) bond motifs is 1. The number of benzene rings is 1. The zero-order valence-electron chi connectivity index (χ0n) is 17.3. The number of nitrogens with zero attached hydrogens (tertiary/aromatic N) is 2. The molecular formula is C23H30ClN3O3. The second-order valence-corrected chi connectivity index (χ2v) is 9.07. The summed E-state index contributed by atoms with van der Waals surface area (Å²) in [4.78, 5) is 41.4. The summed E-state index contributed by atoms with van der Waals surface area (Å²) < 4.78 is 0. The SMILES string of the molecule is O=C(CCN1C(=O)[C@@H]2CCCC[C@H]2C1=O)NC[C@H](c1ccccc1Cl)N1CCCC1. The molecule has 2 heterocycles. The van der Waals surface area contributed by atoms with Crippen molar-refractivity contribution in [3.05, 3.63) is 34.9 Å². The summed E-state index contributed by atoms with van der Waals surface area (Å²) in [6, 6.07) is 7.80. The predicted molar refractivity (Wildman–Crippen MR) is 115 cm³/mol. The summed E-state index contributed by atoms with van der Waals surface area (Å²) >= 11 is 6.43. The molecule has 0 spiro atoms. The lowest BCUT2D eigenvalue weighted by atomic mass is 9.81. The molecule has 1 aromatic rings. The lowest BCUT2D eigenvalue weighted by Gasteiger charge is -2.29. The highest BCUT2D eigenvalue weighted by Crippen LogP contribution is 2.38. The maximum absolute atomic E-state index is 12.6. The number of carbonyl (C=O) groups is 3. The van der Waals surface area contributed by atoms with Crippen LogP contribution in [0.25, 0.3) is 0 Å². The summed E-state index contributed by atoms with van der Waals surface area (Å²) in [5.41, 5.74) is 1.02. The third-order valence-electron chi connectivity index (χ3n) is 6.83. The first-order valence-corrected chi connectivity index (χ1v) is 11.5. The molecule has 0 unspecified atom stereocenters. The van der Waals surface area contributed by atoms with Crippen LogP contribution in [0, 0.1) is 11.8 Å². The number of carbonyl (C=O) groups excluding carboxylic acids is 3. The number of hydrogen-bond donors (Lipinski definition) is 1. The van der Waals surface area contributed by atoms with Crippen LogP contribution < -0.4 is 5.32 Å². The molecule has 4 rings (SSSR count). The fourth-order valence-electron chi connectivity index (χ4n) is 5.20. The van der Waals surface area contributed by atoms with E-state index in [9.17, 15) is 14.4 Å². The minimum Gasteiger partial charge on any atom is -0.354 e. The Morgan fingerprint density at radius 2 is 1.67 bits per heavy atom. The number of halogens is 1. The number of rotatable bonds is 7. The van der Waals surface area contributed by atoms with Crippen molar-refractivity contribution >= 4 is 29.3 Å². The molecule has 3 fully saturated rings. The molecule has 6 nitrogen and oxygen atoms in total. The van der Waals surface area contributed by atoms with Gasteiger partial charge >= 0.3 is 0 Å². The first kappa shape index (κ1) is 21.3. The Hall–Kier alpha value is -1.92. The van der Waals surface area contributed by atoms with E-state index in [2.05, 4.69) is 10.2 Å². The second-order valence-electron chi connectivity index (χ2n) is 8.66. The molecule has 162 valence electrons. The maximum Gasteiger partial charge on any atom is 0.233 e. The van der Waals surface area contributed by atoms with E-state index in [1.807, 2.05) is 24.3 Å². The lowest BCUT2D eigenvalue weighted by molar-refractivity contribution is -0.140. The van der Waals surface area contributed by atoms with Gasteiger partial charge in [-0.25, -0.2) is 0 Å². The smallest absolute Gasteiger partial charge is 0.233 e. The highest BCUT2D eigenvalue weighted by Gasteiger charge is 2.47. The van der Waals surface area contributed by atoms with Crippen molar-refractivity contribution in [1.29, 1.82) is 0 Å². The Morgan fingerprint density at radius 3 is 2.30 bits per heavy atom. The summed E-state index contributed by atoms with van der Waals surface area (Å²) in [5, 5.41) is 3.72. The lowest BCUT2D eigenvalue weighted by Crippen LogP contribution is -2.39. The van der Waals surface area contributed by atoms with E-state index < -0.39 is 0 Å². The number of likely N-dealkylation sites (tertiary alicyclic amines) is 2. The Morgan fingerprint density at radius 1 is 1.03 bits per heavy atom. The third kappa shape index (κ3) is 4.40. The normalized spacial score (nSPS) is 25.4. The first-order valence-electron chi connectivity index (χ1n) is 11.2. The van der Waals surface area contributed by atoms with Gasteiger partial charge in [-0.1, -0.05) is 42.6 Å². The van der Waals surface area contributed by atoms with E-state index in [1.54, 1.807) is 0 Å². The van der Waals surface area contributed by atoms with E-state index in [4.69, 9.17) is 11.6 Å². The minimum atomic E-state index is -0.158. The van der Waals surface area contributed by atoms with Gasteiger partial charge in [0, 0.05) is 24.5 Å².